The van der Waals surface area contributed by atoms with E-state index in [9.17, 15) is 8.78 Å². The van der Waals surface area contributed by atoms with Crippen LogP contribution in [-0.4, -0.2) is 38.8 Å². The van der Waals surface area contributed by atoms with Crippen LogP contribution in [0.2, 0.25) is 0 Å². The van der Waals surface area contributed by atoms with Gasteiger partial charge >= 0.3 is 0 Å². The van der Waals surface area contributed by atoms with Gasteiger partial charge in [-0.25, -0.2) is 18.7 Å². The van der Waals surface area contributed by atoms with Gasteiger partial charge in [-0.15, -0.1) is 5.10 Å². The highest BCUT2D eigenvalue weighted by Gasteiger charge is 2.20. The van der Waals surface area contributed by atoms with Crippen LogP contribution in [0.15, 0.2) is 54.7 Å². The summed E-state index contributed by atoms with van der Waals surface area (Å²) in [5, 5.41) is 7.96. The summed E-state index contributed by atoms with van der Waals surface area (Å²) in [6.07, 6.45) is 2.13. The Kier molecular flexibility index (Phi) is 6.87. The largest absolute Gasteiger partial charge is 0.497 e. The monoisotopic (exact) mass is 516 g/mol. The van der Waals surface area contributed by atoms with E-state index in [1.54, 1.807) is 37.9 Å². The SMILES string of the molecule is COc1ccc(CNc2nc(-c3cc(F)ccc3F)c(C)c3nc(Cc4ncccc4C)nn23)c(OC)c1. The van der Waals surface area contributed by atoms with E-state index in [0.717, 1.165) is 35.0 Å². The molecule has 194 valence electrons. The Labute approximate surface area is 218 Å². The van der Waals surface area contributed by atoms with E-state index in [2.05, 4.69) is 20.4 Å². The van der Waals surface area contributed by atoms with E-state index < -0.39 is 11.6 Å². The number of methoxy groups -OCH3 is 2. The Balaban J connectivity index is 1.61. The number of anilines is 1. The lowest BCUT2D eigenvalue weighted by Gasteiger charge is -2.14. The number of aromatic nitrogens is 5. The predicted octanol–water partition coefficient (Wildman–Crippen LogP) is 5.30. The van der Waals surface area contributed by atoms with Crippen molar-refractivity contribution in [1.29, 1.82) is 0 Å². The molecule has 0 atom stereocenters. The lowest BCUT2D eigenvalue weighted by molar-refractivity contribution is 0.391. The first-order valence-corrected chi connectivity index (χ1v) is 11.9. The van der Waals surface area contributed by atoms with Gasteiger partial charge in [0.25, 0.3) is 0 Å². The van der Waals surface area contributed by atoms with Crippen LogP contribution in [0.3, 0.4) is 0 Å². The molecule has 3 heterocycles. The van der Waals surface area contributed by atoms with Gasteiger partial charge in [0.05, 0.1) is 32.0 Å². The highest BCUT2D eigenvalue weighted by molar-refractivity contribution is 5.72. The van der Waals surface area contributed by atoms with Gasteiger partial charge in [-0.1, -0.05) is 6.07 Å². The summed E-state index contributed by atoms with van der Waals surface area (Å²) in [6, 6.07) is 12.6. The van der Waals surface area contributed by atoms with Crippen molar-refractivity contribution >= 4 is 11.6 Å². The van der Waals surface area contributed by atoms with E-state index >= 15 is 0 Å². The third kappa shape index (κ3) is 4.84. The van der Waals surface area contributed by atoms with E-state index in [4.69, 9.17) is 14.5 Å². The van der Waals surface area contributed by atoms with Crippen molar-refractivity contribution in [2.24, 2.45) is 0 Å². The van der Waals surface area contributed by atoms with Crippen molar-refractivity contribution < 1.29 is 18.3 Å². The Morgan fingerprint density at radius 2 is 1.82 bits per heavy atom. The van der Waals surface area contributed by atoms with E-state index in [-0.39, 0.29) is 11.3 Å². The molecule has 0 bridgehead atoms. The zero-order chi connectivity index (χ0) is 26.8. The Hall–Kier alpha value is -4.60. The third-order valence-electron chi connectivity index (χ3n) is 6.32. The maximum absolute atomic E-state index is 14.8. The number of benzene rings is 2. The summed E-state index contributed by atoms with van der Waals surface area (Å²) >= 11 is 0. The molecule has 0 spiro atoms. The van der Waals surface area contributed by atoms with E-state index in [1.165, 1.54) is 0 Å². The molecule has 0 fully saturated rings. The van der Waals surface area contributed by atoms with Crippen LogP contribution in [0.5, 0.6) is 11.5 Å². The van der Waals surface area contributed by atoms with Crippen molar-refractivity contribution in [2.45, 2.75) is 26.8 Å². The minimum Gasteiger partial charge on any atom is -0.497 e. The number of rotatable bonds is 8. The highest BCUT2D eigenvalue weighted by Crippen LogP contribution is 2.30. The Morgan fingerprint density at radius 3 is 2.58 bits per heavy atom. The number of nitrogens with zero attached hydrogens (tertiary/aromatic N) is 5. The van der Waals surface area contributed by atoms with Gasteiger partial charge in [-0.3, -0.25) is 4.98 Å². The first-order chi connectivity index (χ1) is 18.4. The molecule has 10 heteroatoms. The van der Waals surface area contributed by atoms with Crippen LogP contribution in [-0.2, 0) is 13.0 Å². The molecule has 5 rings (SSSR count). The standard InChI is InChI=1S/C28H26F2N6O2/c1-16-6-5-11-31-23(16)14-25-33-27-17(2)26(21-12-19(29)8-10-22(21)30)34-28(36(27)35-25)32-15-18-7-9-20(37-3)13-24(18)38-4/h5-13H,14-15H2,1-4H3,(H,32,34). The molecule has 0 unspecified atom stereocenters. The molecular formula is C28H26F2N6O2. The third-order valence-corrected chi connectivity index (χ3v) is 6.32. The quantitative estimate of drug-likeness (QED) is 0.299. The number of nitrogens with one attached hydrogen (secondary N) is 1. The lowest BCUT2D eigenvalue weighted by Crippen LogP contribution is -2.11. The molecule has 3 aromatic heterocycles. The normalized spacial score (nSPS) is 11.1. The number of hydrogen-bond acceptors (Lipinski definition) is 7. The number of hydrogen-bond donors (Lipinski definition) is 1. The van der Waals surface area contributed by atoms with Crippen LogP contribution in [0.25, 0.3) is 16.9 Å². The van der Waals surface area contributed by atoms with Crippen LogP contribution < -0.4 is 14.8 Å². The van der Waals surface area contributed by atoms with Crippen molar-refractivity contribution in [3.05, 3.63) is 94.6 Å². The molecule has 38 heavy (non-hydrogen) atoms. The second-order valence-corrected chi connectivity index (χ2v) is 8.77. The average molecular weight is 517 g/mol. The van der Waals surface area contributed by atoms with Crippen molar-refractivity contribution in [3.8, 4) is 22.8 Å². The lowest BCUT2D eigenvalue weighted by atomic mass is 10.1. The van der Waals surface area contributed by atoms with Crippen molar-refractivity contribution in [2.75, 3.05) is 19.5 Å². The number of ether oxygens (including phenoxy) is 2. The number of halogens is 2. The molecule has 2 aromatic carbocycles. The average Bonchev–Trinajstić information content (AvgIpc) is 3.35. The van der Waals surface area contributed by atoms with Crippen LogP contribution >= 0.6 is 0 Å². The maximum atomic E-state index is 14.8. The number of fused-ring (bicyclic) bond motifs is 1. The minimum absolute atomic E-state index is 0.0419. The Bertz CT molecular complexity index is 1640. The van der Waals surface area contributed by atoms with Gasteiger partial charge in [0.2, 0.25) is 5.95 Å². The molecule has 8 nitrogen and oxygen atoms in total. The predicted molar refractivity (Wildman–Crippen MR) is 140 cm³/mol. The Morgan fingerprint density at radius 1 is 0.974 bits per heavy atom. The van der Waals surface area contributed by atoms with Gasteiger partial charge in [0.1, 0.15) is 23.1 Å². The summed E-state index contributed by atoms with van der Waals surface area (Å²) in [5.41, 5.74) is 4.07. The summed E-state index contributed by atoms with van der Waals surface area (Å²) in [7, 11) is 3.16. The molecular weight excluding hydrogens is 490 g/mol. The van der Waals surface area contributed by atoms with Gasteiger partial charge in [0.15, 0.2) is 11.5 Å². The van der Waals surface area contributed by atoms with Crippen LogP contribution in [0, 0.1) is 25.5 Å². The first-order valence-electron chi connectivity index (χ1n) is 11.9. The number of pyridine rings is 1. The maximum Gasteiger partial charge on any atom is 0.226 e. The molecule has 0 amide bonds. The summed E-state index contributed by atoms with van der Waals surface area (Å²) in [6.45, 7) is 4.06. The van der Waals surface area contributed by atoms with Crippen molar-refractivity contribution in [3.63, 3.8) is 0 Å². The summed E-state index contributed by atoms with van der Waals surface area (Å²) in [5.74, 6) is 0.987. The second-order valence-electron chi connectivity index (χ2n) is 8.77. The first kappa shape index (κ1) is 25.1. The molecule has 5 aromatic rings. The van der Waals surface area contributed by atoms with E-state index in [1.807, 2.05) is 31.2 Å². The highest BCUT2D eigenvalue weighted by atomic mass is 19.1. The van der Waals surface area contributed by atoms with Gasteiger partial charge in [-0.05, 0) is 55.8 Å². The number of aryl methyl sites for hydroxylation is 2. The topological polar surface area (TPSA) is 86.5 Å². The molecule has 0 saturated carbocycles. The smallest absolute Gasteiger partial charge is 0.226 e. The molecule has 0 saturated heterocycles. The van der Waals surface area contributed by atoms with Gasteiger partial charge < -0.3 is 14.8 Å². The van der Waals surface area contributed by atoms with Crippen LogP contribution in [0.4, 0.5) is 14.7 Å². The fourth-order valence-corrected chi connectivity index (χ4v) is 4.24. The summed E-state index contributed by atoms with van der Waals surface area (Å²) in [4.78, 5) is 13.9. The zero-order valence-electron chi connectivity index (χ0n) is 21.4. The molecule has 0 aliphatic heterocycles. The van der Waals surface area contributed by atoms with Gasteiger partial charge in [0, 0.05) is 35.5 Å². The fourth-order valence-electron chi connectivity index (χ4n) is 4.24. The summed E-state index contributed by atoms with van der Waals surface area (Å²) < 4.78 is 41.3. The second kappa shape index (κ2) is 10.4. The fraction of sp³-hybridized carbons (Fsp3) is 0.214. The minimum atomic E-state index is -0.585. The molecule has 0 radical (unpaired) electrons. The molecule has 0 aliphatic rings. The van der Waals surface area contributed by atoms with Crippen LogP contribution in [0.1, 0.15) is 28.2 Å². The van der Waals surface area contributed by atoms with Crippen molar-refractivity contribution in [1.82, 2.24) is 24.6 Å². The molecule has 1 N–H and O–H groups in total. The zero-order valence-corrected chi connectivity index (χ0v) is 21.4. The van der Waals surface area contributed by atoms with Gasteiger partial charge in [-0.2, -0.15) is 4.52 Å². The van der Waals surface area contributed by atoms with E-state index in [0.29, 0.717) is 47.4 Å². The molecule has 0 aliphatic carbocycles.